The van der Waals surface area contributed by atoms with Gasteiger partial charge in [0.25, 0.3) is 11.6 Å². The Morgan fingerprint density at radius 3 is 2.52 bits per heavy atom. The minimum Gasteiger partial charge on any atom is -0.363 e. The van der Waals surface area contributed by atoms with Crippen molar-refractivity contribution < 1.29 is 9.96 Å². The van der Waals surface area contributed by atoms with E-state index in [-0.39, 0.29) is 5.69 Å². The van der Waals surface area contributed by atoms with E-state index in [1.807, 2.05) is 0 Å². The first-order valence-corrected chi connectivity index (χ1v) is 6.17. The molecule has 0 radical (unpaired) electrons. The normalized spacial score (nSPS) is 11.6. The van der Waals surface area contributed by atoms with Gasteiger partial charge in [-0.25, -0.2) is 15.5 Å². The van der Waals surface area contributed by atoms with Crippen LogP contribution in [0.15, 0.2) is 52.8 Å². The molecule has 11 nitrogen and oxygen atoms in total. The number of benzene rings is 1. The van der Waals surface area contributed by atoms with Crippen LogP contribution in [0.4, 0.5) is 5.69 Å². The van der Waals surface area contributed by atoms with Crippen molar-refractivity contribution in [1.29, 1.82) is 0 Å². The number of guanidine groups is 1. The first kappa shape index (κ1) is 15.6. The monoisotopic (exact) mass is 317 g/mol. The molecule has 0 fully saturated rings. The highest BCUT2D eigenvalue weighted by Crippen LogP contribution is 2.16. The van der Waals surface area contributed by atoms with Crippen LogP contribution in [0.3, 0.4) is 0 Å². The van der Waals surface area contributed by atoms with Gasteiger partial charge in [-0.1, -0.05) is 0 Å². The summed E-state index contributed by atoms with van der Waals surface area (Å²) in [5.41, 5.74) is 8.73. The maximum atomic E-state index is 10.6. The summed E-state index contributed by atoms with van der Waals surface area (Å²) >= 11 is 0. The van der Waals surface area contributed by atoms with Crippen LogP contribution in [0.5, 0.6) is 0 Å². The van der Waals surface area contributed by atoms with Crippen LogP contribution in [-0.4, -0.2) is 26.7 Å². The summed E-state index contributed by atoms with van der Waals surface area (Å²) in [5.74, 6) is -0.459. The molecule has 11 heteroatoms. The summed E-state index contributed by atoms with van der Waals surface area (Å²) < 4.78 is 1.72. The lowest BCUT2D eigenvalue weighted by Crippen LogP contribution is -2.28. The summed E-state index contributed by atoms with van der Waals surface area (Å²) in [7, 11) is 0. The Morgan fingerprint density at radius 2 is 1.91 bits per heavy atom. The lowest BCUT2D eigenvalue weighted by atomic mass is 10.3. The second-order valence-electron chi connectivity index (χ2n) is 4.17. The van der Waals surface area contributed by atoms with Crippen LogP contribution < -0.4 is 11.2 Å². The highest BCUT2D eigenvalue weighted by atomic mass is 16.7. The van der Waals surface area contributed by atoms with Crippen LogP contribution in [0.1, 0.15) is 5.69 Å². The number of nitro groups is 2. The van der Waals surface area contributed by atoms with Crippen molar-refractivity contribution in [2.75, 3.05) is 0 Å². The molecule has 23 heavy (non-hydrogen) atoms. The second kappa shape index (κ2) is 6.80. The van der Waals surface area contributed by atoms with E-state index < -0.39 is 15.9 Å². The van der Waals surface area contributed by atoms with Gasteiger partial charge >= 0.3 is 0 Å². The average molecular weight is 317 g/mol. The minimum absolute atomic E-state index is 0.0124. The topological polar surface area (TPSA) is 154 Å². The summed E-state index contributed by atoms with van der Waals surface area (Å²) in [6, 6.07) is 9.42. The number of aromatic nitrogens is 1. The van der Waals surface area contributed by atoms with Gasteiger partial charge in [-0.15, -0.1) is 0 Å². The van der Waals surface area contributed by atoms with Gasteiger partial charge < -0.3 is 10.3 Å². The number of non-ortho nitro benzene ring substituents is 1. The van der Waals surface area contributed by atoms with Gasteiger partial charge in [0.2, 0.25) is 0 Å². The summed E-state index contributed by atoms with van der Waals surface area (Å²) in [6.07, 6.45) is 3.11. The number of rotatable bonds is 5. The van der Waals surface area contributed by atoms with Gasteiger partial charge in [0.1, 0.15) is 5.10 Å². The van der Waals surface area contributed by atoms with E-state index in [4.69, 9.17) is 5.73 Å². The summed E-state index contributed by atoms with van der Waals surface area (Å²) in [5, 5.41) is 26.4. The molecule has 0 spiro atoms. The van der Waals surface area contributed by atoms with Crippen LogP contribution in [0.25, 0.3) is 5.69 Å². The zero-order chi connectivity index (χ0) is 16.8. The predicted molar refractivity (Wildman–Crippen MR) is 81.8 cm³/mol. The third-order valence-electron chi connectivity index (χ3n) is 2.68. The van der Waals surface area contributed by atoms with E-state index >= 15 is 0 Å². The number of nitrogens with one attached hydrogen (secondary N) is 1. The third kappa shape index (κ3) is 4.10. The molecule has 0 atom stereocenters. The number of nitrogens with two attached hydrogens (primary N) is 1. The predicted octanol–water partition coefficient (Wildman–Crippen LogP) is 0.815. The number of nitrogens with zero attached hydrogens (tertiary/aromatic N) is 5. The molecule has 118 valence electrons. The van der Waals surface area contributed by atoms with E-state index in [0.717, 1.165) is 0 Å². The molecular weight excluding hydrogens is 306 g/mol. The first-order valence-electron chi connectivity index (χ1n) is 6.17. The van der Waals surface area contributed by atoms with Crippen LogP contribution in [-0.2, 0) is 0 Å². The third-order valence-corrected chi connectivity index (χ3v) is 2.68. The Balaban J connectivity index is 2.16. The molecule has 0 unspecified atom stereocenters. The Hall–Kier alpha value is -3.76. The molecule has 0 saturated carbocycles. The molecule has 1 heterocycles. The first-order chi connectivity index (χ1) is 11.0. The van der Waals surface area contributed by atoms with Crippen molar-refractivity contribution in [2.24, 2.45) is 15.9 Å². The fourth-order valence-electron chi connectivity index (χ4n) is 1.74. The molecule has 0 saturated heterocycles. The van der Waals surface area contributed by atoms with E-state index in [9.17, 15) is 20.2 Å². The van der Waals surface area contributed by atoms with Crippen LogP contribution in [0, 0.1) is 20.2 Å². The lowest BCUT2D eigenvalue weighted by molar-refractivity contribution is -0.485. The van der Waals surface area contributed by atoms with Crippen LogP contribution in [0.2, 0.25) is 0 Å². The maximum absolute atomic E-state index is 10.6. The quantitative estimate of drug-likeness (QED) is 0.360. The van der Waals surface area contributed by atoms with Gasteiger partial charge in [-0.2, -0.15) is 5.10 Å². The number of nitro benzene ring substituents is 1. The Bertz CT molecular complexity index is 779. The molecule has 1 aromatic heterocycles. The molecule has 0 bridgehead atoms. The summed E-state index contributed by atoms with van der Waals surface area (Å²) in [4.78, 5) is 20.3. The second-order valence-corrected chi connectivity index (χ2v) is 4.17. The zero-order valence-electron chi connectivity index (χ0n) is 11.6. The Morgan fingerprint density at radius 1 is 1.22 bits per heavy atom. The molecule has 0 aliphatic rings. The number of hydrazone groups is 2. The Kier molecular flexibility index (Phi) is 4.62. The molecule has 0 aliphatic heterocycles. The number of hydrogen-bond donors (Lipinski definition) is 2. The molecule has 0 aliphatic carbocycles. The fourth-order valence-corrected chi connectivity index (χ4v) is 1.74. The molecule has 1 aromatic carbocycles. The molecule has 2 rings (SSSR count). The SMILES string of the molecule is N/C(=N\[N+](=O)[O-])N/N=C\c1cccn1-c1ccc([N+](=O)[O-])cc1. The van der Waals surface area contributed by atoms with Crippen molar-refractivity contribution in [1.82, 2.24) is 9.99 Å². The van der Waals surface area contributed by atoms with Gasteiger partial charge in [-0.3, -0.25) is 10.1 Å². The van der Waals surface area contributed by atoms with Crippen LogP contribution >= 0.6 is 0 Å². The maximum Gasteiger partial charge on any atom is 0.286 e. The zero-order valence-corrected chi connectivity index (χ0v) is 11.6. The lowest BCUT2D eigenvalue weighted by Gasteiger charge is -2.05. The van der Waals surface area contributed by atoms with E-state index in [0.29, 0.717) is 11.4 Å². The highest BCUT2D eigenvalue weighted by Gasteiger charge is 2.06. The standard InChI is InChI=1S/C12H11N7O4/c13-12(16-19(22)23)15-14-8-11-2-1-7-17(11)9-3-5-10(6-4-9)18(20)21/h1-8H,(H3,13,15,16)/b14-8-. The molecule has 2 aromatic rings. The van der Waals surface area contributed by atoms with Gasteiger partial charge in [0, 0.05) is 24.0 Å². The minimum atomic E-state index is -0.947. The van der Waals surface area contributed by atoms with Crippen molar-refractivity contribution in [3.63, 3.8) is 0 Å². The molecular formula is C12H11N7O4. The number of hydrogen-bond acceptors (Lipinski definition) is 5. The molecule has 0 amide bonds. The van der Waals surface area contributed by atoms with Crippen molar-refractivity contribution in [3.8, 4) is 5.69 Å². The van der Waals surface area contributed by atoms with E-state index in [1.165, 1.54) is 18.3 Å². The Labute approximate surface area is 129 Å². The van der Waals surface area contributed by atoms with Gasteiger partial charge in [0.15, 0.2) is 5.03 Å². The average Bonchev–Trinajstić information content (AvgIpc) is 2.95. The van der Waals surface area contributed by atoms with Crippen molar-refractivity contribution in [3.05, 3.63) is 68.5 Å². The van der Waals surface area contributed by atoms with Gasteiger partial charge in [0.05, 0.1) is 16.8 Å². The molecule has 3 N–H and O–H groups in total. The van der Waals surface area contributed by atoms with E-state index in [1.54, 1.807) is 35.0 Å². The smallest absolute Gasteiger partial charge is 0.286 e. The largest absolute Gasteiger partial charge is 0.363 e. The van der Waals surface area contributed by atoms with Gasteiger partial charge in [-0.05, 0) is 24.3 Å². The highest BCUT2D eigenvalue weighted by molar-refractivity contribution is 5.82. The summed E-state index contributed by atoms with van der Waals surface area (Å²) in [6.45, 7) is 0. The van der Waals surface area contributed by atoms with Crippen molar-refractivity contribution >= 4 is 17.9 Å². The van der Waals surface area contributed by atoms with Crippen molar-refractivity contribution in [2.45, 2.75) is 0 Å². The fraction of sp³-hybridized carbons (Fsp3) is 0. The van der Waals surface area contributed by atoms with E-state index in [2.05, 4.69) is 15.6 Å².